The van der Waals surface area contributed by atoms with Crippen LogP contribution in [-0.4, -0.2) is 15.6 Å². The summed E-state index contributed by atoms with van der Waals surface area (Å²) < 4.78 is 5.98. The van der Waals surface area contributed by atoms with Gasteiger partial charge in [0.2, 0.25) is 0 Å². The van der Waals surface area contributed by atoms with Crippen LogP contribution in [0, 0.1) is 0 Å². The Morgan fingerprint density at radius 1 is 1.17 bits per heavy atom. The summed E-state index contributed by atoms with van der Waals surface area (Å²) in [6.45, 7) is 4.16. The third-order valence-corrected chi connectivity index (χ3v) is 3.17. The average molecular weight is 241 g/mol. The molecule has 1 aromatic carbocycles. The van der Waals surface area contributed by atoms with Crippen LogP contribution in [0.4, 0.5) is 5.69 Å². The van der Waals surface area contributed by atoms with E-state index in [9.17, 15) is 0 Å². The molecule has 1 aliphatic heterocycles. The maximum absolute atomic E-state index is 5.98. The van der Waals surface area contributed by atoms with E-state index in [1.807, 2.05) is 18.2 Å². The molecule has 2 heterocycles. The summed E-state index contributed by atoms with van der Waals surface area (Å²) >= 11 is 0. The minimum absolute atomic E-state index is 0.0969. The van der Waals surface area contributed by atoms with Crippen LogP contribution in [0.3, 0.4) is 0 Å². The van der Waals surface area contributed by atoms with Gasteiger partial charge in [-0.25, -0.2) is 9.97 Å². The van der Waals surface area contributed by atoms with Crippen LogP contribution in [0.1, 0.15) is 25.5 Å². The van der Waals surface area contributed by atoms with Crippen molar-refractivity contribution in [3.05, 3.63) is 48.5 Å². The van der Waals surface area contributed by atoms with Gasteiger partial charge in [-0.05, 0) is 19.9 Å². The van der Waals surface area contributed by atoms with Crippen LogP contribution < -0.4 is 10.1 Å². The smallest absolute Gasteiger partial charge is 0.128 e. The largest absolute Gasteiger partial charge is 0.485 e. The van der Waals surface area contributed by atoms with Crippen molar-refractivity contribution in [2.75, 3.05) is 5.32 Å². The van der Waals surface area contributed by atoms with E-state index in [1.54, 1.807) is 12.4 Å². The average Bonchev–Trinajstić information content (AvgIpc) is 2.62. The van der Waals surface area contributed by atoms with Gasteiger partial charge in [0, 0.05) is 5.56 Å². The molecule has 0 bridgehead atoms. The Kier molecular flexibility index (Phi) is 2.44. The Balaban J connectivity index is 1.95. The molecule has 4 nitrogen and oxygen atoms in total. The lowest BCUT2D eigenvalue weighted by atomic mass is 9.94. The molecular weight excluding hydrogens is 226 g/mol. The fourth-order valence-corrected chi connectivity index (χ4v) is 2.32. The van der Waals surface area contributed by atoms with Crippen molar-refractivity contribution >= 4 is 5.69 Å². The van der Waals surface area contributed by atoms with Gasteiger partial charge in [0.05, 0.1) is 24.1 Å². The van der Waals surface area contributed by atoms with Crippen molar-refractivity contribution in [1.82, 2.24) is 9.97 Å². The molecule has 1 aliphatic rings. The van der Waals surface area contributed by atoms with Crippen LogP contribution in [0.2, 0.25) is 0 Å². The summed E-state index contributed by atoms with van der Waals surface area (Å²) in [5.41, 5.74) is 1.78. The molecule has 1 aromatic heterocycles. The predicted octanol–water partition coefficient (Wildman–Crippen LogP) is 2.80. The molecule has 0 spiro atoms. The van der Waals surface area contributed by atoms with Crippen molar-refractivity contribution in [1.29, 1.82) is 0 Å². The Bertz CT molecular complexity index is 554. The zero-order valence-electron chi connectivity index (χ0n) is 10.4. The Morgan fingerprint density at radius 3 is 2.67 bits per heavy atom. The number of fused-ring (bicyclic) bond motifs is 1. The molecule has 1 unspecified atom stereocenters. The van der Waals surface area contributed by atoms with Gasteiger partial charge in [0.15, 0.2) is 0 Å². The summed E-state index contributed by atoms with van der Waals surface area (Å²) in [6.07, 6.45) is 5.06. The van der Waals surface area contributed by atoms with Crippen molar-refractivity contribution in [2.24, 2.45) is 0 Å². The van der Waals surface area contributed by atoms with Gasteiger partial charge in [-0.1, -0.05) is 18.2 Å². The quantitative estimate of drug-likeness (QED) is 0.878. The third kappa shape index (κ3) is 1.79. The van der Waals surface area contributed by atoms with E-state index in [0.717, 1.165) is 11.4 Å². The first-order valence-corrected chi connectivity index (χ1v) is 5.96. The van der Waals surface area contributed by atoms with Crippen LogP contribution in [0.25, 0.3) is 0 Å². The molecule has 1 N–H and O–H groups in total. The second-order valence-corrected chi connectivity index (χ2v) is 4.95. The van der Waals surface area contributed by atoms with E-state index in [4.69, 9.17) is 4.74 Å². The summed E-state index contributed by atoms with van der Waals surface area (Å²) in [7, 11) is 0. The van der Waals surface area contributed by atoms with Gasteiger partial charge in [-0.15, -0.1) is 0 Å². The summed E-state index contributed by atoms with van der Waals surface area (Å²) in [6, 6.07) is 8.20. The van der Waals surface area contributed by atoms with Crippen molar-refractivity contribution in [3.63, 3.8) is 0 Å². The van der Waals surface area contributed by atoms with Crippen LogP contribution in [0.15, 0.2) is 43.0 Å². The number of anilines is 1. The summed E-state index contributed by atoms with van der Waals surface area (Å²) in [5.74, 6) is 0.942. The highest BCUT2D eigenvalue weighted by atomic mass is 16.5. The maximum Gasteiger partial charge on any atom is 0.128 e. The second kappa shape index (κ2) is 3.98. The summed E-state index contributed by atoms with van der Waals surface area (Å²) in [4.78, 5) is 8.03. The van der Waals surface area contributed by atoms with Gasteiger partial charge in [-0.3, -0.25) is 0 Å². The number of aromatic nitrogens is 2. The fourth-order valence-electron chi connectivity index (χ4n) is 2.32. The SMILES string of the molecule is CC1(C)Oc2ccccc2C1Nc1cncnc1. The second-order valence-electron chi connectivity index (χ2n) is 4.95. The van der Waals surface area contributed by atoms with E-state index < -0.39 is 0 Å². The molecule has 0 radical (unpaired) electrons. The van der Waals surface area contributed by atoms with Crippen molar-refractivity contribution in [3.8, 4) is 5.75 Å². The highest BCUT2D eigenvalue weighted by Crippen LogP contribution is 2.44. The third-order valence-electron chi connectivity index (χ3n) is 3.17. The van der Waals surface area contributed by atoms with Crippen LogP contribution in [0.5, 0.6) is 5.75 Å². The molecule has 0 aliphatic carbocycles. The molecule has 0 fully saturated rings. The lowest BCUT2D eigenvalue weighted by molar-refractivity contribution is 0.118. The minimum atomic E-state index is -0.292. The van der Waals surface area contributed by atoms with E-state index in [2.05, 4.69) is 35.2 Å². The molecule has 1 atom stereocenters. The van der Waals surface area contributed by atoms with E-state index in [1.165, 1.54) is 11.9 Å². The topological polar surface area (TPSA) is 47.0 Å². The first-order valence-electron chi connectivity index (χ1n) is 5.96. The number of rotatable bonds is 2. The van der Waals surface area contributed by atoms with Gasteiger partial charge < -0.3 is 10.1 Å². The Hall–Kier alpha value is -2.10. The number of nitrogens with one attached hydrogen (secondary N) is 1. The van der Waals surface area contributed by atoms with Crippen LogP contribution >= 0.6 is 0 Å². The zero-order chi connectivity index (χ0) is 12.6. The zero-order valence-corrected chi connectivity index (χ0v) is 10.4. The lowest BCUT2D eigenvalue weighted by Gasteiger charge is -2.27. The normalized spacial score (nSPS) is 20.0. The predicted molar refractivity (Wildman–Crippen MR) is 69.5 cm³/mol. The van der Waals surface area contributed by atoms with Gasteiger partial charge in [0.25, 0.3) is 0 Å². The first kappa shape index (κ1) is 11.0. The number of ether oxygens (including phenoxy) is 1. The fraction of sp³-hybridized carbons (Fsp3) is 0.286. The van der Waals surface area contributed by atoms with Crippen molar-refractivity contribution < 1.29 is 4.74 Å². The molecule has 0 amide bonds. The van der Waals surface area contributed by atoms with E-state index >= 15 is 0 Å². The van der Waals surface area contributed by atoms with Gasteiger partial charge >= 0.3 is 0 Å². The lowest BCUT2D eigenvalue weighted by Crippen LogP contribution is -2.34. The number of hydrogen-bond donors (Lipinski definition) is 1. The van der Waals surface area contributed by atoms with Crippen molar-refractivity contribution in [2.45, 2.75) is 25.5 Å². The van der Waals surface area contributed by atoms with Gasteiger partial charge in [-0.2, -0.15) is 0 Å². The van der Waals surface area contributed by atoms with Gasteiger partial charge in [0.1, 0.15) is 17.7 Å². The monoisotopic (exact) mass is 241 g/mol. The van der Waals surface area contributed by atoms with E-state index in [-0.39, 0.29) is 11.6 Å². The number of nitrogens with zero attached hydrogens (tertiary/aromatic N) is 2. The standard InChI is InChI=1S/C14H15N3O/c1-14(2)13(17-10-7-15-9-16-8-10)11-5-3-4-6-12(11)18-14/h3-9,13,17H,1-2H3. The molecule has 0 saturated heterocycles. The van der Waals surface area contributed by atoms with E-state index in [0.29, 0.717) is 0 Å². The molecule has 4 heteroatoms. The number of benzene rings is 1. The molecule has 92 valence electrons. The van der Waals surface area contributed by atoms with Crippen LogP contribution in [-0.2, 0) is 0 Å². The molecule has 2 aromatic rings. The summed E-state index contributed by atoms with van der Waals surface area (Å²) in [5, 5.41) is 3.44. The minimum Gasteiger partial charge on any atom is -0.485 e. The highest BCUT2D eigenvalue weighted by Gasteiger charge is 2.40. The number of hydrogen-bond acceptors (Lipinski definition) is 4. The molecule has 0 saturated carbocycles. The Labute approximate surface area is 106 Å². The molecular formula is C14H15N3O. The molecule has 18 heavy (non-hydrogen) atoms. The number of para-hydroxylation sites is 1. The molecule has 3 rings (SSSR count). The Morgan fingerprint density at radius 2 is 1.89 bits per heavy atom. The first-order chi connectivity index (χ1) is 8.67. The maximum atomic E-state index is 5.98. The highest BCUT2D eigenvalue weighted by molar-refractivity contribution is 5.49.